The summed E-state index contributed by atoms with van der Waals surface area (Å²) in [6.07, 6.45) is 0. The maximum Gasteiger partial charge on any atom is 0.241 e. The Balaban J connectivity index is 1.97. The predicted molar refractivity (Wildman–Crippen MR) is 81.7 cm³/mol. The molecule has 5 nitrogen and oxygen atoms in total. The van der Waals surface area contributed by atoms with Crippen molar-refractivity contribution in [2.45, 2.75) is 4.90 Å². The number of benzene rings is 2. The maximum atomic E-state index is 11.9. The van der Waals surface area contributed by atoms with E-state index in [4.69, 9.17) is 11.6 Å². The van der Waals surface area contributed by atoms with E-state index < -0.39 is 15.9 Å². The molecule has 0 unspecified atom stereocenters. The number of nitrogens with one attached hydrogen (secondary N) is 2. The number of anilines is 1. The van der Waals surface area contributed by atoms with Crippen LogP contribution >= 0.6 is 11.6 Å². The second-order valence-corrected chi connectivity index (χ2v) is 6.34. The van der Waals surface area contributed by atoms with Crippen LogP contribution in [0.15, 0.2) is 59.5 Å². The molecule has 0 heterocycles. The minimum absolute atomic E-state index is 0.107. The summed E-state index contributed by atoms with van der Waals surface area (Å²) in [7, 11) is -3.70. The van der Waals surface area contributed by atoms with Gasteiger partial charge in [0.2, 0.25) is 15.9 Å². The molecule has 0 bridgehead atoms. The van der Waals surface area contributed by atoms with Gasteiger partial charge in [0, 0.05) is 0 Å². The van der Waals surface area contributed by atoms with Gasteiger partial charge >= 0.3 is 0 Å². The third-order valence-electron chi connectivity index (χ3n) is 2.62. The summed E-state index contributed by atoms with van der Waals surface area (Å²) >= 11 is 5.90. The molecule has 7 heteroatoms. The number of carbonyl (C=O) groups is 1. The molecule has 1 amide bonds. The van der Waals surface area contributed by atoms with Crippen LogP contribution in [-0.2, 0) is 14.8 Å². The Morgan fingerprint density at radius 2 is 1.62 bits per heavy atom. The van der Waals surface area contributed by atoms with E-state index in [0.29, 0.717) is 10.7 Å². The lowest BCUT2D eigenvalue weighted by Crippen LogP contribution is -2.32. The molecule has 2 aromatic carbocycles. The number of rotatable bonds is 5. The molecule has 2 rings (SSSR count). The molecule has 110 valence electrons. The lowest BCUT2D eigenvalue weighted by atomic mass is 10.3. The van der Waals surface area contributed by atoms with Gasteiger partial charge in [0.05, 0.1) is 22.2 Å². The Bertz CT molecular complexity index is 733. The van der Waals surface area contributed by atoms with Crippen molar-refractivity contribution in [1.29, 1.82) is 0 Å². The summed E-state index contributed by atoms with van der Waals surface area (Å²) in [5.41, 5.74) is 0.433. The Labute approximate surface area is 128 Å². The highest BCUT2D eigenvalue weighted by Crippen LogP contribution is 2.20. The highest BCUT2D eigenvalue weighted by atomic mass is 35.5. The van der Waals surface area contributed by atoms with Gasteiger partial charge in [0.1, 0.15) is 0 Å². The zero-order valence-corrected chi connectivity index (χ0v) is 12.5. The number of carbonyl (C=O) groups excluding carboxylic acids is 1. The average molecular weight is 325 g/mol. The molecule has 0 saturated carbocycles. The molecular weight excluding hydrogens is 312 g/mol. The van der Waals surface area contributed by atoms with Crippen molar-refractivity contribution >= 4 is 33.2 Å². The third kappa shape index (κ3) is 4.29. The largest absolute Gasteiger partial charge is 0.324 e. The number of amides is 1. The fraction of sp³-hybridized carbons (Fsp3) is 0.0714. The first-order valence-electron chi connectivity index (χ1n) is 6.08. The highest BCUT2D eigenvalue weighted by molar-refractivity contribution is 7.89. The van der Waals surface area contributed by atoms with Gasteiger partial charge < -0.3 is 5.32 Å². The first-order chi connectivity index (χ1) is 9.99. The first-order valence-corrected chi connectivity index (χ1v) is 7.94. The van der Waals surface area contributed by atoms with Crippen LogP contribution in [0, 0.1) is 0 Å². The fourth-order valence-electron chi connectivity index (χ4n) is 1.60. The highest BCUT2D eigenvalue weighted by Gasteiger charge is 2.15. The summed E-state index contributed by atoms with van der Waals surface area (Å²) < 4.78 is 26.1. The van der Waals surface area contributed by atoms with E-state index in [0.717, 1.165) is 0 Å². The fourth-order valence-corrected chi connectivity index (χ4v) is 2.79. The third-order valence-corrected chi connectivity index (χ3v) is 4.37. The van der Waals surface area contributed by atoms with E-state index in [-0.39, 0.29) is 11.4 Å². The number of halogens is 1. The average Bonchev–Trinajstić information content (AvgIpc) is 2.49. The molecule has 0 aliphatic heterocycles. The molecule has 0 saturated heterocycles. The minimum atomic E-state index is -3.70. The van der Waals surface area contributed by atoms with Crippen molar-refractivity contribution in [3.8, 4) is 0 Å². The van der Waals surface area contributed by atoms with Gasteiger partial charge in [0.25, 0.3) is 0 Å². The molecule has 0 spiro atoms. The van der Waals surface area contributed by atoms with E-state index in [9.17, 15) is 13.2 Å². The van der Waals surface area contributed by atoms with Crippen molar-refractivity contribution in [3.05, 3.63) is 59.6 Å². The number of para-hydroxylation sites is 1. The Hall–Kier alpha value is -1.89. The van der Waals surface area contributed by atoms with Gasteiger partial charge in [0.15, 0.2) is 0 Å². The number of hydrogen-bond acceptors (Lipinski definition) is 3. The van der Waals surface area contributed by atoms with Crippen LogP contribution in [-0.4, -0.2) is 20.9 Å². The zero-order valence-electron chi connectivity index (χ0n) is 10.9. The zero-order chi connectivity index (χ0) is 15.3. The molecule has 0 aliphatic rings. The van der Waals surface area contributed by atoms with Gasteiger partial charge in [-0.05, 0) is 24.3 Å². The molecule has 2 aromatic rings. The van der Waals surface area contributed by atoms with Crippen LogP contribution in [0.4, 0.5) is 5.69 Å². The van der Waals surface area contributed by atoms with E-state index >= 15 is 0 Å². The summed E-state index contributed by atoms with van der Waals surface area (Å²) in [5, 5.41) is 2.92. The summed E-state index contributed by atoms with van der Waals surface area (Å²) in [4.78, 5) is 11.9. The van der Waals surface area contributed by atoms with Gasteiger partial charge in [-0.3, -0.25) is 4.79 Å². The van der Waals surface area contributed by atoms with Gasteiger partial charge in [-0.1, -0.05) is 41.9 Å². The van der Waals surface area contributed by atoms with E-state index in [1.165, 1.54) is 12.1 Å². The second kappa shape index (κ2) is 6.71. The Morgan fingerprint density at radius 1 is 1.00 bits per heavy atom. The Morgan fingerprint density at radius 3 is 2.29 bits per heavy atom. The lowest BCUT2D eigenvalue weighted by molar-refractivity contribution is -0.115. The smallest absolute Gasteiger partial charge is 0.241 e. The topological polar surface area (TPSA) is 75.3 Å². The molecule has 0 aliphatic carbocycles. The predicted octanol–water partition coefficient (Wildman–Crippen LogP) is 2.26. The van der Waals surface area contributed by atoms with E-state index in [1.54, 1.807) is 42.5 Å². The van der Waals surface area contributed by atoms with Crippen molar-refractivity contribution in [2.24, 2.45) is 0 Å². The number of hydrogen-bond donors (Lipinski definition) is 2. The number of sulfonamides is 1. The molecular formula is C14H13ClN2O3S. The minimum Gasteiger partial charge on any atom is -0.324 e. The molecule has 21 heavy (non-hydrogen) atoms. The summed E-state index contributed by atoms with van der Waals surface area (Å²) in [5.74, 6) is -0.498. The molecule has 0 radical (unpaired) electrons. The molecule has 2 N–H and O–H groups in total. The normalized spacial score (nSPS) is 11.1. The first kappa shape index (κ1) is 15.5. The monoisotopic (exact) mass is 324 g/mol. The molecule has 0 aromatic heterocycles. The van der Waals surface area contributed by atoms with Gasteiger partial charge in [-0.25, -0.2) is 13.1 Å². The van der Waals surface area contributed by atoms with Crippen LogP contribution < -0.4 is 10.0 Å². The van der Waals surface area contributed by atoms with Crippen LogP contribution in [0.2, 0.25) is 5.02 Å². The van der Waals surface area contributed by atoms with Crippen molar-refractivity contribution < 1.29 is 13.2 Å². The van der Waals surface area contributed by atoms with Gasteiger partial charge in [-0.2, -0.15) is 0 Å². The van der Waals surface area contributed by atoms with Crippen LogP contribution in [0.3, 0.4) is 0 Å². The van der Waals surface area contributed by atoms with Crippen LogP contribution in [0.5, 0.6) is 0 Å². The van der Waals surface area contributed by atoms with Crippen molar-refractivity contribution in [3.63, 3.8) is 0 Å². The van der Waals surface area contributed by atoms with Crippen molar-refractivity contribution in [1.82, 2.24) is 4.72 Å². The molecule has 0 atom stereocenters. The van der Waals surface area contributed by atoms with Crippen molar-refractivity contribution in [2.75, 3.05) is 11.9 Å². The van der Waals surface area contributed by atoms with E-state index in [2.05, 4.69) is 10.0 Å². The quantitative estimate of drug-likeness (QED) is 0.885. The maximum absolute atomic E-state index is 11.9. The van der Waals surface area contributed by atoms with Gasteiger partial charge in [-0.15, -0.1) is 0 Å². The van der Waals surface area contributed by atoms with Crippen LogP contribution in [0.1, 0.15) is 0 Å². The SMILES string of the molecule is O=C(CNS(=O)(=O)c1ccccc1)Nc1ccccc1Cl. The summed E-state index contributed by atoms with van der Waals surface area (Å²) in [6.45, 7) is -0.373. The Kier molecular flexibility index (Phi) is 4.95. The lowest BCUT2D eigenvalue weighted by Gasteiger charge is -2.08. The summed E-state index contributed by atoms with van der Waals surface area (Å²) in [6, 6.07) is 14.5. The second-order valence-electron chi connectivity index (χ2n) is 4.17. The molecule has 0 fully saturated rings. The standard InChI is InChI=1S/C14H13ClN2O3S/c15-12-8-4-5-9-13(12)17-14(18)10-16-21(19,20)11-6-2-1-3-7-11/h1-9,16H,10H2,(H,17,18). The van der Waals surface area contributed by atoms with Crippen LogP contribution in [0.25, 0.3) is 0 Å². The van der Waals surface area contributed by atoms with E-state index in [1.807, 2.05) is 0 Å².